The lowest BCUT2D eigenvalue weighted by Crippen LogP contribution is -2.07. The highest BCUT2D eigenvalue weighted by molar-refractivity contribution is 8.13. The molecule has 0 radical (unpaired) electrons. The van der Waals surface area contributed by atoms with Crippen molar-refractivity contribution in [3.05, 3.63) is 27.8 Å². The van der Waals surface area contributed by atoms with Crippen molar-refractivity contribution in [1.82, 2.24) is 4.98 Å². The minimum atomic E-state index is -4.65. The molecule has 0 spiro atoms. The van der Waals surface area contributed by atoms with Gasteiger partial charge in [0.15, 0.2) is 5.69 Å². The van der Waals surface area contributed by atoms with Crippen LogP contribution in [0, 0.1) is 15.9 Å². The van der Waals surface area contributed by atoms with Crippen LogP contribution in [-0.2, 0) is 9.05 Å². The topological polar surface area (TPSA) is 90.2 Å². The first-order chi connectivity index (χ1) is 7.66. The van der Waals surface area contributed by atoms with Crippen LogP contribution in [0.3, 0.4) is 0 Å². The number of hydrogen-bond donors (Lipinski definition) is 0. The van der Waals surface area contributed by atoms with Gasteiger partial charge in [-0.25, -0.2) is 22.2 Å². The van der Waals surface area contributed by atoms with Crippen LogP contribution >= 0.6 is 10.7 Å². The maximum atomic E-state index is 13.4. The monoisotopic (exact) mass is 290 g/mol. The van der Waals surface area contributed by atoms with Crippen molar-refractivity contribution < 1.29 is 26.5 Å². The quantitative estimate of drug-likeness (QED) is 0.482. The number of alkyl halides is 2. The fraction of sp³-hybridized carbons (Fsp3) is 0.167. The zero-order valence-electron chi connectivity index (χ0n) is 7.60. The van der Waals surface area contributed by atoms with E-state index >= 15 is 0 Å². The molecule has 1 aromatic rings. The van der Waals surface area contributed by atoms with E-state index in [0.29, 0.717) is 0 Å². The number of pyridine rings is 1. The fourth-order valence-corrected chi connectivity index (χ4v) is 1.79. The zero-order valence-corrected chi connectivity index (χ0v) is 9.17. The standard InChI is InChI=1S/C6H2ClF3N2O4S/c7-17(15,16)2-1-11-4(6(9)10)5(3(2)8)12(13)14/h1,6H. The van der Waals surface area contributed by atoms with Gasteiger partial charge in [-0.15, -0.1) is 0 Å². The van der Waals surface area contributed by atoms with E-state index in [1.165, 1.54) is 0 Å². The number of rotatable bonds is 3. The highest BCUT2D eigenvalue weighted by Gasteiger charge is 2.33. The van der Waals surface area contributed by atoms with Gasteiger partial charge in [0.25, 0.3) is 15.5 Å². The number of nitrogens with zero attached hydrogens (tertiary/aromatic N) is 2. The van der Waals surface area contributed by atoms with Gasteiger partial charge in [0.1, 0.15) is 4.90 Å². The van der Waals surface area contributed by atoms with Crippen molar-refractivity contribution in [3.63, 3.8) is 0 Å². The summed E-state index contributed by atoms with van der Waals surface area (Å²) < 4.78 is 59.5. The Hall–Kier alpha value is -1.42. The lowest BCUT2D eigenvalue weighted by atomic mass is 10.3. The van der Waals surface area contributed by atoms with Crippen LogP contribution in [-0.4, -0.2) is 18.3 Å². The molecule has 0 N–H and O–H groups in total. The second kappa shape index (κ2) is 4.45. The summed E-state index contributed by atoms with van der Waals surface area (Å²) in [4.78, 5) is 10.4. The van der Waals surface area contributed by atoms with Gasteiger partial charge in [0, 0.05) is 10.7 Å². The molecule has 1 heterocycles. The summed E-state index contributed by atoms with van der Waals surface area (Å²) in [5.41, 5.74) is -3.17. The molecule has 6 nitrogen and oxygen atoms in total. The lowest BCUT2D eigenvalue weighted by molar-refractivity contribution is -0.389. The highest BCUT2D eigenvalue weighted by atomic mass is 35.7. The van der Waals surface area contributed by atoms with Crippen molar-refractivity contribution >= 4 is 25.4 Å². The average molecular weight is 291 g/mol. The van der Waals surface area contributed by atoms with Crippen molar-refractivity contribution in [1.29, 1.82) is 0 Å². The maximum absolute atomic E-state index is 13.4. The van der Waals surface area contributed by atoms with Gasteiger partial charge in [-0.3, -0.25) is 10.1 Å². The molecule has 94 valence electrons. The van der Waals surface area contributed by atoms with E-state index in [2.05, 4.69) is 4.98 Å². The first kappa shape index (κ1) is 13.6. The van der Waals surface area contributed by atoms with Crippen molar-refractivity contribution in [2.45, 2.75) is 11.3 Å². The Morgan fingerprint density at radius 2 is 2.00 bits per heavy atom. The molecule has 0 saturated carbocycles. The SMILES string of the molecule is O=[N+]([O-])c1c(C(F)F)ncc(S(=O)(=O)Cl)c1F. The number of hydrogen-bond acceptors (Lipinski definition) is 5. The van der Waals surface area contributed by atoms with Crippen molar-refractivity contribution in [2.24, 2.45) is 0 Å². The molecule has 0 bridgehead atoms. The molecule has 0 aromatic carbocycles. The summed E-state index contributed by atoms with van der Waals surface area (Å²) in [5, 5.41) is 10.4. The smallest absolute Gasteiger partial charge is 0.258 e. The first-order valence-corrected chi connectivity index (χ1v) is 6.02. The van der Waals surface area contributed by atoms with Gasteiger partial charge in [-0.1, -0.05) is 0 Å². The van der Waals surface area contributed by atoms with Crippen molar-refractivity contribution in [3.8, 4) is 0 Å². The van der Waals surface area contributed by atoms with Crippen LogP contribution in [0.1, 0.15) is 12.1 Å². The minimum absolute atomic E-state index is 0.201. The van der Waals surface area contributed by atoms with E-state index in [-0.39, 0.29) is 6.20 Å². The van der Waals surface area contributed by atoms with E-state index in [1.807, 2.05) is 0 Å². The average Bonchev–Trinajstić information content (AvgIpc) is 2.13. The van der Waals surface area contributed by atoms with Crippen LogP contribution < -0.4 is 0 Å². The van der Waals surface area contributed by atoms with Crippen LogP contribution in [0.5, 0.6) is 0 Å². The molecule has 0 aliphatic heterocycles. The van der Waals surface area contributed by atoms with Gasteiger partial charge >= 0.3 is 5.69 Å². The third kappa shape index (κ3) is 2.64. The third-order valence-corrected chi connectivity index (χ3v) is 2.95. The Bertz CT molecular complexity index is 577. The molecular weight excluding hydrogens is 289 g/mol. The third-order valence-electron chi connectivity index (χ3n) is 1.64. The molecule has 17 heavy (non-hydrogen) atoms. The summed E-state index contributed by atoms with van der Waals surface area (Å²) >= 11 is 0. The van der Waals surface area contributed by atoms with E-state index in [4.69, 9.17) is 10.7 Å². The summed E-state index contributed by atoms with van der Waals surface area (Å²) in [6.45, 7) is 0. The van der Waals surface area contributed by atoms with Gasteiger partial charge in [-0.2, -0.15) is 4.39 Å². The van der Waals surface area contributed by atoms with E-state index in [0.717, 1.165) is 0 Å². The molecular formula is C6H2ClF3N2O4S. The molecule has 0 unspecified atom stereocenters. The maximum Gasteiger partial charge on any atom is 0.333 e. The minimum Gasteiger partial charge on any atom is -0.258 e. The molecule has 11 heteroatoms. The molecule has 0 atom stereocenters. The van der Waals surface area contributed by atoms with Gasteiger partial charge in [0.05, 0.1) is 11.1 Å². The Balaban J connectivity index is 3.67. The molecule has 0 fully saturated rings. The number of nitro groups is 1. The Kier molecular flexibility index (Phi) is 3.57. The molecule has 0 aliphatic carbocycles. The molecule has 0 saturated heterocycles. The van der Waals surface area contributed by atoms with Crippen LogP contribution in [0.25, 0.3) is 0 Å². The molecule has 0 amide bonds. The van der Waals surface area contributed by atoms with Crippen molar-refractivity contribution in [2.75, 3.05) is 0 Å². The Morgan fingerprint density at radius 1 is 1.47 bits per heavy atom. The predicted molar refractivity (Wildman–Crippen MR) is 48.8 cm³/mol. The van der Waals surface area contributed by atoms with Crippen LogP contribution in [0.2, 0.25) is 0 Å². The second-order valence-corrected chi connectivity index (χ2v) is 5.20. The zero-order chi connectivity index (χ0) is 13.4. The number of halogens is 4. The second-order valence-electron chi connectivity index (χ2n) is 2.67. The van der Waals surface area contributed by atoms with E-state index in [1.54, 1.807) is 0 Å². The largest absolute Gasteiger partial charge is 0.333 e. The Morgan fingerprint density at radius 3 is 2.35 bits per heavy atom. The summed E-state index contributed by atoms with van der Waals surface area (Å²) in [5.74, 6) is -1.96. The Labute approximate surface area is 96.6 Å². The van der Waals surface area contributed by atoms with E-state index in [9.17, 15) is 31.7 Å². The highest BCUT2D eigenvalue weighted by Crippen LogP contribution is 2.33. The number of aromatic nitrogens is 1. The molecule has 1 rings (SSSR count). The normalized spacial score (nSPS) is 11.8. The van der Waals surface area contributed by atoms with Gasteiger partial charge in [-0.05, 0) is 0 Å². The van der Waals surface area contributed by atoms with Gasteiger partial charge in [0.2, 0.25) is 5.82 Å². The summed E-state index contributed by atoms with van der Waals surface area (Å²) in [6.07, 6.45) is -3.22. The summed E-state index contributed by atoms with van der Waals surface area (Å²) in [7, 11) is 0.108. The predicted octanol–water partition coefficient (Wildman–Crippen LogP) is 1.99. The molecule has 1 aromatic heterocycles. The first-order valence-electron chi connectivity index (χ1n) is 3.72. The van der Waals surface area contributed by atoms with Crippen LogP contribution in [0.15, 0.2) is 11.1 Å². The fourth-order valence-electron chi connectivity index (χ4n) is 0.978. The van der Waals surface area contributed by atoms with E-state index < -0.39 is 42.5 Å². The van der Waals surface area contributed by atoms with Gasteiger partial charge < -0.3 is 0 Å². The lowest BCUT2D eigenvalue weighted by Gasteiger charge is -2.04. The summed E-state index contributed by atoms with van der Waals surface area (Å²) in [6, 6.07) is 0. The van der Waals surface area contributed by atoms with Crippen LogP contribution in [0.4, 0.5) is 18.9 Å². The molecule has 0 aliphatic rings.